The highest BCUT2D eigenvalue weighted by Gasteiger charge is 2.25. The summed E-state index contributed by atoms with van der Waals surface area (Å²) in [6.45, 7) is 2.13. The van der Waals surface area contributed by atoms with E-state index in [9.17, 15) is 5.26 Å². The van der Waals surface area contributed by atoms with E-state index < -0.39 is 0 Å². The Morgan fingerprint density at radius 1 is 1.32 bits per heavy atom. The molecule has 0 N–H and O–H groups in total. The van der Waals surface area contributed by atoms with E-state index in [1.54, 1.807) is 15.9 Å². The monoisotopic (exact) mass is 308 g/mol. The number of nitrogens with zero attached hydrogens (tertiary/aromatic N) is 4. The van der Waals surface area contributed by atoms with Gasteiger partial charge in [-0.3, -0.25) is 0 Å². The Balaban J connectivity index is 1.80. The third-order valence-electron chi connectivity index (χ3n) is 4.42. The zero-order chi connectivity index (χ0) is 15.1. The average Bonchev–Trinajstić information content (AvgIpc) is 3.02. The Kier molecular flexibility index (Phi) is 3.20. The van der Waals surface area contributed by atoms with Crippen molar-refractivity contribution in [2.45, 2.75) is 38.5 Å². The molecule has 0 bridgehead atoms. The van der Waals surface area contributed by atoms with Crippen molar-refractivity contribution in [3.63, 3.8) is 0 Å². The molecule has 2 heterocycles. The fourth-order valence-electron chi connectivity index (χ4n) is 2.78. The van der Waals surface area contributed by atoms with Crippen LogP contribution in [0.1, 0.15) is 48.4 Å². The number of hydrogen-bond acceptors (Lipinski definition) is 4. The molecule has 0 amide bonds. The average molecular weight is 308 g/mol. The molecule has 1 fully saturated rings. The standard InChI is InChI=1S/C17H16N4S/c1-2-11-6-8-12(9-7-11)15-14(10-18)21-17(19-15)22-16(20-21)13-4-3-5-13/h6-9,13H,2-5H2,1H3. The van der Waals surface area contributed by atoms with Gasteiger partial charge < -0.3 is 0 Å². The number of hydrogen-bond donors (Lipinski definition) is 0. The lowest BCUT2D eigenvalue weighted by Crippen LogP contribution is -2.08. The first-order chi connectivity index (χ1) is 10.8. The molecule has 5 heteroatoms. The van der Waals surface area contributed by atoms with E-state index in [4.69, 9.17) is 0 Å². The van der Waals surface area contributed by atoms with Crippen molar-refractivity contribution in [1.29, 1.82) is 5.26 Å². The van der Waals surface area contributed by atoms with Crippen molar-refractivity contribution in [2.75, 3.05) is 0 Å². The lowest BCUT2D eigenvalue weighted by Gasteiger charge is -2.21. The maximum absolute atomic E-state index is 9.54. The number of aromatic nitrogens is 3. The second-order valence-electron chi connectivity index (χ2n) is 5.73. The van der Waals surface area contributed by atoms with Gasteiger partial charge in [-0.25, -0.2) is 4.98 Å². The van der Waals surface area contributed by atoms with Crippen molar-refractivity contribution in [1.82, 2.24) is 14.6 Å². The number of benzene rings is 1. The summed E-state index contributed by atoms with van der Waals surface area (Å²) < 4.78 is 1.72. The molecule has 0 aliphatic heterocycles. The zero-order valence-corrected chi connectivity index (χ0v) is 13.2. The third kappa shape index (κ3) is 2.03. The molecule has 0 atom stereocenters. The number of aryl methyl sites for hydroxylation is 1. The molecule has 1 aliphatic carbocycles. The van der Waals surface area contributed by atoms with Gasteiger partial charge in [-0.05, 0) is 24.8 Å². The molecular weight excluding hydrogens is 292 g/mol. The first-order valence-corrected chi connectivity index (χ1v) is 8.50. The van der Waals surface area contributed by atoms with E-state index in [0.29, 0.717) is 11.6 Å². The lowest BCUT2D eigenvalue weighted by molar-refractivity contribution is 0.415. The zero-order valence-electron chi connectivity index (χ0n) is 12.4. The fraction of sp³-hybridized carbons (Fsp3) is 0.353. The minimum absolute atomic E-state index is 0.543. The van der Waals surface area contributed by atoms with Crippen LogP contribution in [0.5, 0.6) is 0 Å². The van der Waals surface area contributed by atoms with Gasteiger partial charge in [0.25, 0.3) is 0 Å². The van der Waals surface area contributed by atoms with Gasteiger partial charge in [-0.2, -0.15) is 14.9 Å². The van der Waals surface area contributed by atoms with Gasteiger partial charge >= 0.3 is 0 Å². The molecule has 110 valence electrons. The maximum Gasteiger partial charge on any atom is 0.214 e. The van der Waals surface area contributed by atoms with Crippen LogP contribution in [0.15, 0.2) is 24.3 Å². The van der Waals surface area contributed by atoms with Crippen LogP contribution in [0.2, 0.25) is 0 Å². The normalized spacial score (nSPS) is 14.9. The van der Waals surface area contributed by atoms with Crippen molar-refractivity contribution in [2.24, 2.45) is 0 Å². The first kappa shape index (κ1) is 13.5. The Hall–Kier alpha value is -2.19. The summed E-state index contributed by atoms with van der Waals surface area (Å²) in [4.78, 5) is 5.49. The molecule has 0 spiro atoms. The van der Waals surface area contributed by atoms with E-state index in [2.05, 4.69) is 35.2 Å². The highest BCUT2D eigenvalue weighted by atomic mass is 32.1. The summed E-state index contributed by atoms with van der Waals surface area (Å²) in [7, 11) is 0. The molecule has 0 radical (unpaired) electrons. The van der Waals surface area contributed by atoms with Crippen LogP contribution in [0.3, 0.4) is 0 Å². The number of fused-ring (bicyclic) bond motifs is 1. The van der Waals surface area contributed by atoms with Crippen molar-refractivity contribution in [3.8, 4) is 17.3 Å². The molecule has 0 saturated heterocycles. The highest BCUT2D eigenvalue weighted by Crippen LogP contribution is 2.39. The van der Waals surface area contributed by atoms with Crippen molar-refractivity contribution < 1.29 is 0 Å². The summed E-state index contributed by atoms with van der Waals surface area (Å²) in [6.07, 6.45) is 4.72. The summed E-state index contributed by atoms with van der Waals surface area (Å²) in [5, 5.41) is 15.3. The van der Waals surface area contributed by atoms with Crippen molar-refractivity contribution in [3.05, 3.63) is 40.5 Å². The van der Waals surface area contributed by atoms with E-state index in [0.717, 1.165) is 27.6 Å². The highest BCUT2D eigenvalue weighted by molar-refractivity contribution is 7.16. The van der Waals surface area contributed by atoms with Gasteiger partial charge in [-0.1, -0.05) is 48.9 Å². The van der Waals surface area contributed by atoms with Crippen molar-refractivity contribution >= 4 is 16.3 Å². The predicted octanol–water partition coefficient (Wildman–Crippen LogP) is 4.16. The minimum atomic E-state index is 0.543. The molecule has 4 rings (SSSR count). The third-order valence-corrected chi connectivity index (χ3v) is 5.49. The summed E-state index contributed by atoms with van der Waals surface area (Å²) in [5.74, 6) is 0.575. The van der Waals surface area contributed by atoms with E-state index in [1.807, 2.05) is 12.1 Å². The number of rotatable bonds is 3. The summed E-state index contributed by atoms with van der Waals surface area (Å²) in [6, 6.07) is 10.5. The Labute approximate surface area is 133 Å². The topological polar surface area (TPSA) is 54.0 Å². The van der Waals surface area contributed by atoms with Gasteiger partial charge in [0.2, 0.25) is 4.96 Å². The minimum Gasteiger partial charge on any atom is -0.216 e. The lowest BCUT2D eigenvalue weighted by atomic mass is 9.86. The molecule has 1 aromatic carbocycles. The van der Waals surface area contributed by atoms with Gasteiger partial charge in [0.15, 0.2) is 5.69 Å². The van der Waals surface area contributed by atoms with Gasteiger partial charge in [0.1, 0.15) is 16.8 Å². The first-order valence-electron chi connectivity index (χ1n) is 7.69. The van der Waals surface area contributed by atoms with Crippen LogP contribution in [0, 0.1) is 11.3 Å². The fourth-order valence-corrected chi connectivity index (χ4v) is 3.85. The molecule has 3 aromatic rings. The maximum atomic E-state index is 9.54. The number of imidazole rings is 1. The quantitative estimate of drug-likeness (QED) is 0.730. The van der Waals surface area contributed by atoms with Crippen LogP contribution in [0.25, 0.3) is 16.2 Å². The Morgan fingerprint density at radius 2 is 2.09 bits per heavy atom. The SMILES string of the molecule is CCc1ccc(-c2nc3sc(C4CCC4)nn3c2C#N)cc1. The molecule has 1 aliphatic rings. The molecule has 4 nitrogen and oxygen atoms in total. The molecule has 1 saturated carbocycles. The molecule has 0 unspecified atom stereocenters. The van der Waals surface area contributed by atoms with Crippen LogP contribution < -0.4 is 0 Å². The Morgan fingerprint density at radius 3 is 2.68 bits per heavy atom. The van der Waals surface area contributed by atoms with Crippen LogP contribution >= 0.6 is 11.3 Å². The number of nitriles is 1. The van der Waals surface area contributed by atoms with Gasteiger partial charge in [0.05, 0.1) is 0 Å². The molecule has 22 heavy (non-hydrogen) atoms. The van der Waals surface area contributed by atoms with E-state index >= 15 is 0 Å². The second kappa shape index (κ2) is 5.22. The van der Waals surface area contributed by atoms with Crippen LogP contribution in [-0.4, -0.2) is 14.6 Å². The van der Waals surface area contributed by atoms with Crippen LogP contribution in [-0.2, 0) is 6.42 Å². The summed E-state index contributed by atoms with van der Waals surface area (Å²) >= 11 is 1.62. The van der Waals surface area contributed by atoms with E-state index in [1.165, 1.54) is 24.8 Å². The van der Waals surface area contributed by atoms with Gasteiger partial charge in [-0.15, -0.1) is 0 Å². The largest absolute Gasteiger partial charge is 0.216 e. The Bertz CT molecular complexity index is 863. The van der Waals surface area contributed by atoms with Crippen LogP contribution in [0.4, 0.5) is 0 Å². The summed E-state index contributed by atoms with van der Waals surface area (Å²) in [5.41, 5.74) is 3.55. The van der Waals surface area contributed by atoms with E-state index in [-0.39, 0.29) is 0 Å². The second-order valence-corrected chi connectivity index (χ2v) is 6.72. The predicted molar refractivity (Wildman–Crippen MR) is 87.0 cm³/mol. The smallest absolute Gasteiger partial charge is 0.214 e. The van der Waals surface area contributed by atoms with Gasteiger partial charge in [0, 0.05) is 11.5 Å². The molecule has 2 aromatic heterocycles. The molecular formula is C17H16N4S.